The Bertz CT molecular complexity index is 909. The lowest BCUT2D eigenvalue weighted by molar-refractivity contribution is -0.384. The van der Waals surface area contributed by atoms with Crippen LogP contribution in [0.2, 0.25) is 0 Å². The van der Waals surface area contributed by atoms with Crippen LogP contribution < -0.4 is 19.3 Å². The van der Waals surface area contributed by atoms with Crippen LogP contribution >= 0.6 is 0 Å². The third-order valence-electron chi connectivity index (χ3n) is 6.15. The molecule has 0 unspecified atom stereocenters. The van der Waals surface area contributed by atoms with E-state index < -0.39 is 0 Å². The third-order valence-corrected chi connectivity index (χ3v) is 6.15. The molecule has 2 aromatic rings. The van der Waals surface area contributed by atoms with Crippen LogP contribution in [0.3, 0.4) is 0 Å². The maximum absolute atomic E-state index is 10.8. The fraction of sp³-hybridized carbons (Fsp3) is 0.500. The molecule has 2 aliphatic rings. The molecule has 33 heavy (non-hydrogen) atoms. The van der Waals surface area contributed by atoms with Crippen LogP contribution in [0, 0.1) is 10.1 Å². The second-order valence-corrected chi connectivity index (χ2v) is 8.37. The number of ether oxygens (including phenoxy) is 2. The van der Waals surface area contributed by atoms with Gasteiger partial charge in [0.2, 0.25) is 0 Å². The van der Waals surface area contributed by atoms with Crippen LogP contribution in [0.1, 0.15) is 0 Å². The largest absolute Gasteiger partial charge is 0.495 e. The van der Waals surface area contributed by atoms with Gasteiger partial charge < -0.3 is 29.1 Å². The quantitative estimate of drug-likeness (QED) is 0.501. The van der Waals surface area contributed by atoms with Gasteiger partial charge in [-0.3, -0.25) is 10.1 Å². The average molecular weight is 458 g/mol. The number of nitrogens with zero attached hydrogens (tertiary/aromatic N) is 5. The van der Waals surface area contributed by atoms with Crippen molar-refractivity contribution in [3.05, 3.63) is 52.6 Å². The van der Waals surface area contributed by atoms with Crippen molar-refractivity contribution in [2.24, 2.45) is 0 Å². The number of likely N-dealkylation sites (N-methyl/N-ethyl adjacent to an activating group) is 2. The lowest BCUT2D eigenvalue weighted by Crippen LogP contribution is -2.44. The predicted octanol–water partition coefficient (Wildman–Crippen LogP) is 2.80. The van der Waals surface area contributed by atoms with Gasteiger partial charge in [-0.15, -0.1) is 0 Å². The third kappa shape index (κ3) is 6.49. The van der Waals surface area contributed by atoms with Crippen LogP contribution in [0.5, 0.6) is 11.5 Å². The minimum Gasteiger partial charge on any atom is -0.495 e. The van der Waals surface area contributed by atoms with Gasteiger partial charge in [0, 0.05) is 64.5 Å². The summed E-state index contributed by atoms with van der Waals surface area (Å²) in [4.78, 5) is 19.6. The zero-order valence-electron chi connectivity index (χ0n) is 20.1. The van der Waals surface area contributed by atoms with E-state index in [1.54, 1.807) is 26.4 Å². The summed E-state index contributed by atoms with van der Waals surface area (Å²) in [6.45, 7) is 8.02. The first kappa shape index (κ1) is 24.6. The fourth-order valence-corrected chi connectivity index (χ4v) is 4.02. The molecule has 0 aromatic heterocycles. The topological polar surface area (TPSA) is 74.6 Å². The van der Waals surface area contributed by atoms with E-state index in [0.717, 1.165) is 63.8 Å². The Morgan fingerprint density at radius 2 is 1.21 bits per heavy atom. The molecule has 2 aromatic carbocycles. The molecule has 0 saturated carbocycles. The summed E-state index contributed by atoms with van der Waals surface area (Å²) in [7, 11) is 7.55. The van der Waals surface area contributed by atoms with Crippen molar-refractivity contribution in [1.82, 2.24) is 9.80 Å². The first-order chi connectivity index (χ1) is 15.9. The summed E-state index contributed by atoms with van der Waals surface area (Å²) in [5.41, 5.74) is 2.12. The molecule has 9 nitrogen and oxygen atoms in total. The summed E-state index contributed by atoms with van der Waals surface area (Å²) in [6.07, 6.45) is 0. The van der Waals surface area contributed by atoms with Gasteiger partial charge in [0.15, 0.2) is 0 Å². The Balaban J connectivity index is 0.000000189. The van der Waals surface area contributed by atoms with Gasteiger partial charge in [-0.1, -0.05) is 12.1 Å². The molecule has 0 amide bonds. The van der Waals surface area contributed by atoms with E-state index in [-0.39, 0.29) is 10.6 Å². The van der Waals surface area contributed by atoms with Crippen molar-refractivity contribution in [3.63, 3.8) is 0 Å². The Morgan fingerprint density at radius 3 is 1.73 bits per heavy atom. The molecule has 2 saturated heterocycles. The Kier molecular flexibility index (Phi) is 8.73. The van der Waals surface area contributed by atoms with E-state index in [2.05, 4.69) is 45.8 Å². The number of rotatable bonds is 5. The highest BCUT2D eigenvalue weighted by molar-refractivity contribution is 5.63. The van der Waals surface area contributed by atoms with Crippen LogP contribution in [0.4, 0.5) is 17.1 Å². The van der Waals surface area contributed by atoms with Gasteiger partial charge in [0.25, 0.3) is 5.69 Å². The predicted molar refractivity (Wildman–Crippen MR) is 132 cm³/mol. The smallest absolute Gasteiger partial charge is 0.271 e. The summed E-state index contributed by atoms with van der Waals surface area (Å²) in [6, 6.07) is 12.9. The molecule has 9 heteroatoms. The normalized spacial score (nSPS) is 17.2. The number of hydrogen-bond donors (Lipinski definition) is 0. The van der Waals surface area contributed by atoms with Crippen molar-refractivity contribution < 1.29 is 14.4 Å². The lowest BCUT2D eigenvalue weighted by atomic mass is 10.2. The van der Waals surface area contributed by atoms with Crippen molar-refractivity contribution >= 4 is 17.1 Å². The Labute approximate surface area is 196 Å². The van der Waals surface area contributed by atoms with Gasteiger partial charge in [0.1, 0.15) is 11.5 Å². The molecule has 0 spiro atoms. The number of nitro groups is 1. The van der Waals surface area contributed by atoms with Gasteiger partial charge in [0.05, 0.1) is 30.5 Å². The molecule has 0 bridgehead atoms. The van der Waals surface area contributed by atoms with Gasteiger partial charge in [-0.2, -0.15) is 0 Å². The number of non-ortho nitro benzene ring substituents is 1. The molecule has 2 heterocycles. The van der Waals surface area contributed by atoms with Crippen LogP contribution in [0.15, 0.2) is 42.5 Å². The summed E-state index contributed by atoms with van der Waals surface area (Å²) in [5, 5.41) is 10.8. The zero-order valence-corrected chi connectivity index (χ0v) is 20.1. The van der Waals surface area contributed by atoms with Crippen LogP contribution in [0.25, 0.3) is 0 Å². The molecule has 0 atom stereocenters. The van der Waals surface area contributed by atoms with E-state index in [1.165, 1.54) is 11.8 Å². The molecule has 2 fully saturated rings. The Hall–Kier alpha value is -3.04. The van der Waals surface area contributed by atoms with Crippen molar-refractivity contribution in [2.75, 3.05) is 90.5 Å². The van der Waals surface area contributed by atoms with E-state index in [9.17, 15) is 10.1 Å². The van der Waals surface area contributed by atoms with Crippen molar-refractivity contribution in [2.45, 2.75) is 0 Å². The van der Waals surface area contributed by atoms with E-state index in [4.69, 9.17) is 9.47 Å². The number of methoxy groups -OCH3 is 2. The second-order valence-electron chi connectivity index (χ2n) is 8.37. The average Bonchev–Trinajstić information content (AvgIpc) is 2.85. The highest BCUT2D eigenvalue weighted by atomic mass is 16.6. The fourth-order valence-electron chi connectivity index (χ4n) is 4.02. The van der Waals surface area contributed by atoms with Crippen molar-refractivity contribution in [3.8, 4) is 11.5 Å². The van der Waals surface area contributed by atoms with Crippen LogP contribution in [-0.2, 0) is 0 Å². The van der Waals surface area contributed by atoms with E-state index in [0.29, 0.717) is 5.75 Å². The summed E-state index contributed by atoms with van der Waals surface area (Å²) in [5.74, 6) is 1.66. The highest BCUT2D eigenvalue weighted by Crippen LogP contribution is 2.32. The first-order valence-electron chi connectivity index (χ1n) is 11.3. The monoisotopic (exact) mass is 457 g/mol. The summed E-state index contributed by atoms with van der Waals surface area (Å²) < 4.78 is 10.7. The number of nitro benzene ring substituents is 1. The minimum absolute atomic E-state index is 0.102. The van der Waals surface area contributed by atoms with Crippen LogP contribution in [-0.4, -0.2) is 95.4 Å². The first-order valence-corrected chi connectivity index (χ1v) is 11.3. The molecule has 2 aliphatic heterocycles. The van der Waals surface area contributed by atoms with E-state index in [1.807, 2.05) is 12.1 Å². The lowest BCUT2D eigenvalue weighted by Gasteiger charge is -2.34. The molecule has 4 rings (SSSR count). The Morgan fingerprint density at radius 1 is 0.727 bits per heavy atom. The second kappa shape index (κ2) is 11.7. The standard InChI is InChI=1S/C12H17N3O3.C12H18N2O/c1-13-5-7-14(8-6-13)11-9-10(15(16)17)3-4-12(11)18-2;1-13-7-9-14(10-8-13)11-5-3-4-6-12(11)15-2/h3-4,9H,5-8H2,1-2H3;3-6H,7-10H2,1-2H3. The minimum atomic E-state index is -0.376. The van der Waals surface area contributed by atoms with Crippen molar-refractivity contribution in [1.29, 1.82) is 0 Å². The SMILES string of the molecule is COc1ccc([N+](=O)[O-])cc1N1CCN(C)CC1.COc1ccccc1N1CCN(C)CC1. The van der Waals surface area contributed by atoms with Gasteiger partial charge in [-0.25, -0.2) is 0 Å². The molecular weight excluding hydrogens is 422 g/mol. The number of hydrogen-bond acceptors (Lipinski definition) is 8. The molecular formula is C24H35N5O4. The van der Waals surface area contributed by atoms with Gasteiger partial charge >= 0.3 is 0 Å². The number of piperazine rings is 2. The molecule has 0 radical (unpaired) electrons. The summed E-state index contributed by atoms with van der Waals surface area (Å²) >= 11 is 0. The zero-order chi connectivity index (χ0) is 23.8. The molecule has 0 N–H and O–H groups in total. The number of para-hydroxylation sites is 2. The molecule has 180 valence electrons. The maximum atomic E-state index is 10.8. The molecule has 0 aliphatic carbocycles. The van der Waals surface area contributed by atoms with Gasteiger partial charge in [-0.05, 0) is 32.3 Å². The maximum Gasteiger partial charge on any atom is 0.271 e. The highest BCUT2D eigenvalue weighted by Gasteiger charge is 2.20. The number of anilines is 2. The van der Waals surface area contributed by atoms with E-state index >= 15 is 0 Å². The number of benzene rings is 2.